The van der Waals surface area contributed by atoms with E-state index in [9.17, 15) is 4.79 Å². The van der Waals surface area contributed by atoms with E-state index in [2.05, 4.69) is 15.2 Å². The third kappa shape index (κ3) is 3.00. The van der Waals surface area contributed by atoms with Gasteiger partial charge in [-0.2, -0.15) is 0 Å². The lowest BCUT2D eigenvalue weighted by molar-refractivity contribution is 0.191. The molecule has 2 aromatic rings. The number of piperazine rings is 1. The summed E-state index contributed by atoms with van der Waals surface area (Å²) in [5.74, 6) is 0.818. The molecule has 1 fully saturated rings. The molecule has 0 unspecified atom stereocenters. The van der Waals surface area contributed by atoms with E-state index in [1.165, 1.54) is 0 Å². The zero-order valence-electron chi connectivity index (χ0n) is 11.4. The number of rotatable bonds is 4. The highest BCUT2D eigenvalue weighted by Crippen LogP contribution is 2.17. The van der Waals surface area contributed by atoms with Crippen molar-refractivity contribution < 1.29 is 4.74 Å². The minimum atomic E-state index is -0.0603. The van der Waals surface area contributed by atoms with Gasteiger partial charge in [0.1, 0.15) is 12.4 Å². The molecule has 5 heteroatoms. The normalized spacial score (nSPS) is 16.4. The molecular weight excluding hydrogens is 254 g/mol. The fraction of sp³-hybridized carbons (Fsp3) is 0.400. The van der Waals surface area contributed by atoms with Crippen molar-refractivity contribution >= 4 is 10.8 Å². The van der Waals surface area contributed by atoms with Crippen LogP contribution in [0.1, 0.15) is 0 Å². The molecule has 106 valence electrons. The Morgan fingerprint density at radius 1 is 1.20 bits per heavy atom. The summed E-state index contributed by atoms with van der Waals surface area (Å²) in [4.78, 5) is 16.7. The Morgan fingerprint density at radius 2 is 2.05 bits per heavy atom. The van der Waals surface area contributed by atoms with Crippen molar-refractivity contribution in [3.05, 3.63) is 40.8 Å². The average molecular weight is 273 g/mol. The van der Waals surface area contributed by atoms with Gasteiger partial charge in [0, 0.05) is 44.3 Å². The number of pyridine rings is 1. The van der Waals surface area contributed by atoms with E-state index < -0.39 is 0 Å². The van der Waals surface area contributed by atoms with Crippen LogP contribution in [0.2, 0.25) is 0 Å². The van der Waals surface area contributed by atoms with Gasteiger partial charge in [0.15, 0.2) is 0 Å². The van der Waals surface area contributed by atoms with Crippen LogP contribution in [0, 0.1) is 0 Å². The Hall–Kier alpha value is -1.85. The molecule has 3 rings (SSSR count). The van der Waals surface area contributed by atoms with E-state index in [4.69, 9.17) is 4.74 Å². The summed E-state index contributed by atoms with van der Waals surface area (Å²) in [6, 6.07) is 7.48. The van der Waals surface area contributed by atoms with Gasteiger partial charge in [0.2, 0.25) is 0 Å². The van der Waals surface area contributed by atoms with Crippen molar-refractivity contribution in [1.82, 2.24) is 15.2 Å². The van der Waals surface area contributed by atoms with Crippen molar-refractivity contribution in [1.29, 1.82) is 0 Å². The third-order valence-electron chi connectivity index (χ3n) is 3.63. The molecule has 0 radical (unpaired) electrons. The van der Waals surface area contributed by atoms with E-state index in [0.29, 0.717) is 12.0 Å². The number of hydrogen-bond donors (Lipinski definition) is 2. The van der Waals surface area contributed by atoms with Gasteiger partial charge < -0.3 is 15.0 Å². The first kappa shape index (κ1) is 13.1. The molecule has 0 spiro atoms. The van der Waals surface area contributed by atoms with Crippen molar-refractivity contribution in [2.45, 2.75) is 0 Å². The lowest BCUT2D eigenvalue weighted by Crippen LogP contribution is -2.44. The molecule has 1 aromatic carbocycles. The molecular formula is C15H19N3O2. The molecule has 1 saturated heterocycles. The molecule has 0 saturated carbocycles. The van der Waals surface area contributed by atoms with E-state index in [1.54, 1.807) is 6.20 Å². The van der Waals surface area contributed by atoms with Crippen LogP contribution in [0.4, 0.5) is 0 Å². The second-order valence-electron chi connectivity index (χ2n) is 5.00. The van der Waals surface area contributed by atoms with Gasteiger partial charge in [-0.05, 0) is 29.7 Å². The number of aromatic nitrogens is 1. The molecule has 2 heterocycles. The Kier molecular flexibility index (Phi) is 3.99. The van der Waals surface area contributed by atoms with Crippen LogP contribution in [0.25, 0.3) is 10.8 Å². The van der Waals surface area contributed by atoms with Crippen molar-refractivity contribution in [3.63, 3.8) is 0 Å². The van der Waals surface area contributed by atoms with Gasteiger partial charge >= 0.3 is 0 Å². The maximum atomic E-state index is 11.6. The maximum absolute atomic E-state index is 11.6. The Balaban J connectivity index is 1.61. The van der Waals surface area contributed by atoms with Gasteiger partial charge in [-0.25, -0.2) is 0 Å². The van der Waals surface area contributed by atoms with E-state index in [0.717, 1.165) is 43.9 Å². The van der Waals surface area contributed by atoms with Crippen LogP contribution < -0.4 is 15.6 Å². The average Bonchev–Trinajstić information content (AvgIpc) is 2.48. The number of nitrogens with one attached hydrogen (secondary N) is 2. The maximum Gasteiger partial charge on any atom is 0.255 e. The minimum absolute atomic E-state index is 0.0603. The second-order valence-corrected chi connectivity index (χ2v) is 5.00. The van der Waals surface area contributed by atoms with Crippen LogP contribution in [-0.2, 0) is 0 Å². The summed E-state index contributed by atoms with van der Waals surface area (Å²) < 4.78 is 5.78. The van der Waals surface area contributed by atoms with E-state index >= 15 is 0 Å². The van der Waals surface area contributed by atoms with Crippen molar-refractivity contribution in [2.75, 3.05) is 39.3 Å². The Morgan fingerprint density at radius 3 is 2.90 bits per heavy atom. The number of fused-ring (bicyclic) bond motifs is 1. The third-order valence-corrected chi connectivity index (χ3v) is 3.63. The predicted octanol–water partition coefficient (Wildman–Crippen LogP) is 0.812. The summed E-state index contributed by atoms with van der Waals surface area (Å²) in [7, 11) is 0. The summed E-state index contributed by atoms with van der Waals surface area (Å²) in [5, 5.41) is 4.94. The molecule has 1 aliphatic rings. The number of H-pyrrole nitrogens is 1. The number of ether oxygens (including phenoxy) is 1. The number of hydrogen-bond acceptors (Lipinski definition) is 4. The Labute approximate surface area is 117 Å². The summed E-state index contributed by atoms with van der Waals surface area (Å²) >= 11 is 0. The lowest BCUT2D eigenvalue weighted by Gasteiger charge is -2.26. The molecule has 5 nitrogen and oxygen atoms in total. The first-order valence-corrected chi connectivity index (χ1v) is 7.00. The van der Waals surface area contributed by atoms with Gasteiger partial charge in [-0.1, -0.05) is 0 Å². The van der Waals surface area contributed by atoms with Gasteiger partial charge in [-0.15, -0.1) is 0 Å². The topological polar surface area (TPSA) is 57.4 Å². The van der Waals surface area contributed by atoms with Crippen LogP contribution in [-0.4, -0.2) is 49.2 Å². The number of aromatic amines is 1. The highest BCUT2D eigenvalue weighted by Gasteiger charge is 2.09. The number of nitrogens with zero attached hydrogens (tertiary/aromatic N) is 1. The molecule has 0 aliphatic carbocycles. The monoisotopic (exact) mass is 273 g/mol. The zero-order valence-corrected chi connectivity index (χ0v) is 11.4. The van der Waals surface area contributed by atoms with Crippen LogP contribution in [0.3, 0.4) is 0 Å². The summed E-state index contributed by atoms with van der Waals surface area (Å²) in [5.41, 5.74) is -0.0603. The fourth-order valence-corrected chi connectivity index (χ4v) is 2.49. The second kappa shape index (κ2) is 6.07. The van der Waals surface area contributed by atoms with E-state index in [-0.39, 0.29) is 5.56 Å². The zero-order chi connectivity index (χ0) is 13.8. The van der Waals surface area contributed by atoms with E-state index in [1.807, 2.05) is 24.3 Å². The Bertz CT molecular complexity index is 632. The molecule has 0 amide bonds. The molecule has 0 atom stereocenters. The van der Waals surface area contributed by atoms with Crippen molar-refractivity contribution in [2.24, 2.45) is 0 Å². The fourth-order valence-electron chi connectivity index (χ4n) is 2.49. The highest BCUT2D eigenvalue weighted by molar-refractivity contribution is 5.82. The first-order valence-electron chi connectivity index (χ1n) is 7.00. The van der Waals surface area contributed by atoms with Crippen LogP contribution in [0.5, 0.6) is 5.75 Å². The largest absolute Gasteiger partial charge is 0.492 e. The smallest absolute Gasteiger partial charge is 0.255 e. The lowest BCUT2D eigenvalue weighted by atomic mass is 10.2. The molecule has 2 N–H and O–H groups in total. The van der Waals surface area contributed by atoms with Crippen LogP contribution in [0.15, 0.2) is 35.3 Å². The number of benzene rings is 1. The molecule has 1 aliphatic heterocycles. The molecule has 20 heavy (non-hydrogen) atoms. The molecule has 1 aromatic heterocycles. The first-order chi connectivity index (χ1) is 9.83. The quantitative estimate of drug-likeness (QED) is 0.865. The standard InChI is InChI=1S/C15H19N3O2/c19-15-14-2-1-13(11-12(14)3-4-17-15)20-10-9-18-7-5-16-6-8-18/h1-4,11,16H,5-10H2,(H,17,19). The van der Waals surface area contributed by atoms with Gasteiger partial charge in [-0.3, -0.25) is 9.69 Å². The summed E-state index contributed by atoms with van der Waals surface area (Å²) in [6.45, 7) is 5.88. The SMILES string of the molecule is O=c1[nH]ccc2cc(OCCN3CCNCC3)ccc12. The van der Waals surface area contributed by atoms with Gasteiger partial charge in [0.05, 0.1) is 0 Å². The van der Waals surface area contributed by atoms with Gasteiger partial charge in [0.25, 0.3) is 5.56 Å². The molecule has 0 bridgehead atoms. The van der Waals surface area contributed by atoms with Crippen LogP contribution >= 0.6 is 0 Å². The predicted molar refractivity (Wildman–Crippen MR) is 79.4 cm³/mol. The minimum Gasteiger partial charge on any atom is -0.492 e. The summed E-state index contributed by atoms with van der Waals surface area (Å²) in [6.07, 6.45) is 1.66. The van der Waals surface area contributed by atoms with Crippen molar-refractivity contribution in [3.8, 4) is 5.75 Å². The highest BCUT2D eigenvalue weighted by atomic mass is 16.5.